The molecule has 1 N–H and O–H groups in total. The number of hydrogen-bond donors (Lipinski definition) is 1. The number of nitrogens with zero attached hydrogens (tertiary/aromatic N) is 1. The molecule has 0 radical (unpaired) electrons. The number of ether oxygens (including phenoxy) is 1. The molecule has 6 nitrogen and oxygen atoms in total. The number of halogens is 2. The minimum absolute atomic E-state index is 0.0259. The van der Waals surface area contributed by atoms with Crippen LogP contribution < -0.4 is 4.74 Å². The van der Waals surface area contributed by atoms with E-state index in [-0.39, 0.29) is 22.8 Å². The van der Waals surface area contributed by atoms with Crippen molar-refractivity contribution >= 4 is 38.5 Å². The van der Waals surface area contributed by atoms with Crippen LogP contribution in [0.2, 0.25) is 5.02 Å². The standard InChI is InChI=1S/C24H19ClFNO5S/c1-32-18-7-9-23-20(13-18)17(6-10-24(28)29)14-27(23)33(30,31)19-4-2-3-15(11-19)16-5-8-22(26)21(25)12-16/h2-5,7-9,11-14H,6,10H2,1H3,(H,28,29). The topological polar surface area (TPSA) is 85.6 Å². The molecule has 0 amide bonds. The summed E-state index contributed by atoms with van der Waals surface area (Å²) in [6.07, 6.45) is 1.47. The highest BCUT2D eigenvalue weighted by molar-refractivity contribution is 7.90. The van der Waals surface area contributed by atoms with E-state index in [1.165, 1.54) is 43.6 Å². The number of fused-ring (bicyclic) bond motifs is 1. The number of aryl methyl sites for hydroxylation is 1. The summed E-state index contributed by atoms with van der Waals surface area (Å²) in [5, 5.41) is 9.62. The number of rotatable bonds is 7. The lowest BCUT2D eigenvalue weighted by Crippen LogP contribution is -2.12. The summed E-state index contributed by atoms with van der Waals surface area (Å²) in [6, 6.07) is 15.4. The van der Waals surface area contributed by atoms with Crippen LogP contribution in [-0.4, -0.2) is 30.6 Å². The highest BCUT2D eigenvalue weighted by Crippen LogP contribution is 2.32. The maximum absolute atomic E-state index is 13.6. The fraction of sp³-hybridized carbons (Fsp3) is 0.125. The van der Waals surface area contributed by atoms with Crippen molar-refractivity contribution < 1.29 is 27.4 Å². The Bertz CT molecular complexity index is 1480. The van der Waals surface area contributed by atoms with Gasteiger partial charge in [-0.2, -0.15) is 0 Å². The Morgan fingerprint density at radius 2 is 1.85 bits per heavy atom. The molecule has 4 rings (SSSR count). The van der Waals surface area contributed by atoms with E-state index in [2.05, 4.69) is 0 Å². The first-order chi connectivity index (χ1) is 15.7. The molecule has 170 valence electrons. The molecule has 0 saturated carbocycles. The molecule has 0 spiro atoms. The van der Waals surface area contributed by atoms with Crippen LogP contribution in [-0.2, 0) is 21.2 Å². The van der Waals surface area contributed by atoms with Crippen molar-refractivity contribution in [2.24, 2.45) is 0 Å². The largest absolute Gasteiger partial charge is 0.497 e. The molecule has 3 aromatic carbocycles. The van der Waals surface area contributed by atoms with Gasteiger partial charge >= 0.3 is 5.97 Å². The maximum Gasteiger partial charge on any atom is 0.303 e. The zero-order chi connectivity index (χ0) is 23.8. The third-order valence-electron chi connectivity index (χ3n) is 5.31. The quantitative estimate of drug-likeness (QED) is 0.379. The summed E-state index contributed by atoms with van der Waals surface area (Å²) >= 11 is 5.88. The Balaban J connectivity index is 1.84. The van der Waals surface area contributed by atoms with Gasteiger partial charge in [-0.1, -0.05) is 29.8 Å². The first kappa shape index (κ1) is 22.8. The molecule has 9 heteroatoms. The van der Waals surface area contributed by atoms with E-state index in [9.17, 15) is 17.6 Å². The lowest BCUT2D eigenvalue weighted by molar-refractivity contribution is -0.136. The summed E-state index contributed by atoms with van der Waals surface area (Å²) in [4.78, 5) is 11.1. The number of methoxy groups -OCH3 is 1. The molecule has 0 saturated heterocycles. The Morgan fingerprint density at radius 3 is 2.55 bits per heavy atom. The van der Waals surface area contributed by atoms with Crippen molar-refractivity contribution in [3.63, 3.8) is 0 Å². The monoisotopic (exact) mass is 487 g/mol. The summed E-state index contributed by atoms with van der Waals surface area (Å²) < 4.78 is 47.1. The van der Waals surface area contributed by atoms with Crippen LogP contribution in [0.4, 0.5) is 4.39 Å². The van der Waals surface area contributed by atoms with Gasteiger partial charge in [0, 0.05) is 18.0 Å². The van der Waals surface area contributed by atoms with E-state index >= 15 is 0 Å². The second kappa shape index (κ2) is 8.88. The van der Waals surface area contributed by atoms with E-state index in [1.807, 2.05) is 0 Å². The van der Waals surface area contributed by atoms with Crippen molar-refractivity contribution in [2.75, 3.05) is 7.11 Å². The van der Waals surface area contributed by atoms with Gasteiger partial charge in [0.15, 0.2) is 0 Å². The van der Waals surface area contributed by atoms with Crippen molar-refractivity contribution in [3.8, 4) is 16.9 Å². The van der Waals surface area contributed by atoms with Crippen molar-refractivity contribution in [2.45, 2.75) is 17.7 Å². The second-order valence-electron chi connectivity index (χ2n) is 7.39. The predicted octanol–water partition coefficient (Wildman–Crippen LogP) is 5.36. The van der Waals surface area contributed by atoms with Crippen LogP contribution in [0.1, 0.15) is 12.0 Å². The maximum atomic E-state index is 13.6. The number of hydrogen-bond acceptors (Lipinski definition) is 4. The number of aromatic nitrogens is 1. The summed E-state index contributed by atoms with van der Waals surface area (Å²) in [5.41, 5.74) is 2.12. The van der Waals surface area contributed by atoms with Gasteiger partial charge in [-0.25, -0.2) is 16.8 Å². The number of carboxylic acids is 1. The third-order valence-corrected chi connectivity index (χ3v) is 7.27. The van der Waals surface area contributed by atoms with Gasteiger partial charge in [0.2, 0.25) is 0 Å². The first-order valence-corrected chi connectivity index (χ1v) is 11.7. The highest BCUT2D eigenvalue weighted by Gasteiger charge is 2.22. The summed E-state index contributed by atoms with van der Waals surface area (Å²) in [5.74, 6) is -1.01. The van der Waals surface area contributed by atoms with Crippen LogP contribution in [0.25, 0.3) is 22.0 Å². The van der Waals surface area contributed by atoms with E-state index in [4.69, 9.17) is 21.4 Å². The average molecular weight is 488 g/mol. The summed E-state index contributed by atoms with van der Waals surface area (Å²) in [7, 11) is -2.53. The van der Waals surface area contributed by atoms with Crippen LogP contribution in [0.3, 0.4) is 0 Å². The number of carboxylic acid groups (broad SMARTS) is 1. The lowest BCUT2D eigenvalue weighted by Gasteiger charge is -2.10. The number of benzene rings is 3. The Kier molecular flexibility index (Phi) is 6.14. The van der Waals surface area contributed by atoms with Gasteiger partial charge in [0.25, 0.3) is 10.0 Å². The SMILES string of the molecule is COc1ccc2c(c1)c(CCC(=O)O)cn2S(=O)(=O)c1cccc(-c2ccc(F)c(Cl)c2)c1. The van der Waals surface area contributed by atoms with E-state index in [1.54, 1.807) is 30.3 Å². The van der Waals surface area contributed by atoms with Gasteiger partial charge in [-0.15, -0.1) is 0 Å². The van der Waals surface area contributed by atoms with Crippen LogP contribution in [0.15, 0.2) is 71.8 Å². The molecule has 1 heterocycles. The predicted molar refractivity (Wildman–Crippen MR) is 124 cm³/mol. The molecule has 0 aliphatic rings. The zero-order valence-electron chi connectivity index (χ0n) is 17.5. The average Bonchev–Trinajstić information content (AvgIpc) is 3.18. The molecule has 0 unspecified atom stereocenters. The fourth-order valence-electron chi connectivity index (χ4n) is 3.64. The van der Waals surface area contributed by atoms with Crippen LogP contribution in [0.5, 0.6) is 5.75 Å². The molecule has 0 bridgehead atoms. The fourth-order valence-corrected chi connectivity index (χ4v) is 5.26. The van der Waals surface area contributed by atoms with Crippen molar-refractivity contribution in [1.29, 1.82) is 0 Å². The van der Waals surface area contributed by atoms with Crippen molar-refractivity contribution in [3.05, 3.63) is 83.3 Å². The minimum atomic E-state index is -4.03. The molecular formula is C24H19ClFNO5S. The van der Waals surface area contributed by atoms with Gasteiger partial charge < -0.3 is 9.84 Å². The minimum Gasteiger partial charge on any atom is -0.497 e. The molecular weight excluding hydrogens is 469 g/mol. The lowest BCUT2D eigenvalue weighted by atomic mass is 10.1. The van der Waals surface area contributed by atoms with Crippen LogP contribution >= 0.6 is 11.6 Å². The first-order valence-electron chi connectivity index (χ1n) is 9.91. The van der Waals surface area contributed by atoms with Gasteiger partial charge in [-0.3, -0.25) is 4.79 Å². The van der Waals surface area contributed by atoms with Gasteiger partial charge in [-0.05, 0) is 65.6 Å². The molecule has 0 aliphatic carbocycles. The molecule has 1 aromatic heterocycles. The van der Waals surface area contributed by atoms with Crippen molar-refractivity contribution in [1.82, 2.24) is 3.97 Å². The molecule has 4 aromatic rings. The van der Waals surface area contributed by atoms with Gasteiger partial charge in [0.1, 0.15) is 11.6 Å². The highest BCUT2D eigenvalue weighted by atomic mass is 35.5. The Labute approximate surface area is 194 Å². The Morgan fingerprint density at radius 1 is 1.09 bits per heavy atom. The smallest absolute Gasteiger partial charge is 0.303 e. The number of carbonyl (C=O) groups is 1. The second-order valence-corrected chi connectivity index (χ2v) is 9.61. The molecule has 33 heavy (non-hydrogen) atoms. The number of aliphatic carboxylic acids is 1. The van der Waals surface area contributed by atoms with Gasteiger partial charge in [0.05, 0.1) is 22.5 Å². The van der Waals surface area contributed by atoms with E-state index in [0.717, 1.165) is 3.97 Å². The van der Waals surface area contributed by atoms with E-state index < -0.39 is 21.8 Å². The third kappa shape index (κ3) is 4.44. The zero-order valence-corrected chi connectivity index (χ0v) is 19.0. The molecule has 0 atom stereocenters. The van der Waals surface area contributed by atoms with E-state index in [0.29, 0.717) is 33.3 Å². The van der Waals surface area contributed by atoms with Crippen LogP contribution in [0, 0.1) is 5.82 Å². The molecule has 0 aliphatic heterocycles. The summed E-state index contributed by atoms with van der Waals surface area (Å²) in [6.45, 7) is 0. The molecule has 0 fully saturated rings. The Hall–Kier alpha value is -3.36. The normalized spacial score (nSPS) is 11.6.